The number of carbonyl (C=O) groups is 2. The van der Waals surface area contributed by atoms with E-state index in [0.717, 1.165) is 0 Å². The summed E-state index contributed by atoms with van der Waals surface area (Å²) < 4.78 is 0. The summed E-state index contributed by atoms with van der Waals surface area (Å²) in [5, 5.41) is 18.6. The number of aliphatic carboxylic acids is 2. The first-order chi connectivity index (χ1) is 7.67. The molecular formula is C13H24O4. The van der Waals surface area contributed by atoms with Crippen LogP contribution >= 0.6 is 0 Å². The summed E-state index contributed by atoms with van der Waals surface area (Å²) in [7, 11) is 0. The zero-order valence-corrected chi connectivity index (χ0v) is 11.4. The van der Waals surface area contributed by atoms with Gasteiger partial charge in [-0.25, -0.2) is 0 Å². The largest absolute Gasteiger partial charge is 0.481 e. The number of carboxylic acid groups (broad SMARTS) is 2. The maximum absolute atomic E-state index is 11.6. The number of rotatable bonds is 7. The molecule has 0 aromatic heterocycles. The van der Waals surface area contributed by atoms with Crippen LogP contribution in [0.2, 0.25) is 0 Å². The van der Waals surface area contributed by atoms with Gasteiger partial charge in [-0.1, -0.05) is 34.6 Å². The van der Waals surface area contributed by atoms with E-state index < -0.39 is 22.8 Å². The van der Waals surface area contributed by atoms with Gasteiger partial charge in [0.2, 0.25) is 0 Å². The van der Waals surface area contributed by atoms with E-state index in [-0.39, 0.29) is 12.3 Å². The molecule has 4 heteroatoms. The minimum absolute atomic E-state index is 0.00500. The molecule has 4 nitrogen and oxygen atoms in total. The standard InChI is InChI=1S/C13H24O4/c1-6-13(7-2,11(16)17)12(5,9(3)4)8-10(14)15/h9H,6-8H2,1-5H3,(H,14,15)(H,16,17). The van der Waals surface area contributed by atoms with Gasteiger partial charge in [0.15, 0.2) is 0 Å². The molecule has 0 aromatic carbocycles. The van der Waals surface area contributed by atoms with Crippen molar-refractivity contribution in [3.05, 3.63) is 0 Å². The first kappa shape index (κ1) is 15.9. The normalized spacial score (nSPS) is 15.6. The van der Waals surface area contributed by atoms with Gasteiger partial charge in [-0.15, -0.1) is 0 Å². The Kier molecular flexibility index (Phi) is 5.17. The summed E-state index contributed by atoms with van der Waals surface area (Å²) in [6.07, 6.45) is 0.778. The van der Waals surface area contributed by atoms with E-state index in [9.17, 15) is 14.7 Å². The van der Waals surface area contributed by atoms with E-state index in [1.165, 1.54) is 0 Å². The maximum Gasteiger partial charge on any atom is 0.310 e. The Morgan fingerprint density at radius 3 is 1.71 bits per heavy atom. The predicted molar refractivity (Wildman–Crippen MR) is 65.8 cm³/mol. The summed E-state index contributed by atoms with van der Waals surface area (Å²) in [5.74, 6) is -1.83. The van der Waals surface area contributed by atoms with E-state index in [0.29, 0.717) is 12.8 Å². The topological polar surface area (TPSA) is 74.6 Å². The smallest absolute Gasteiger partial charge is 0.310 e. The van der Waals surface area contributed by atoms with Gasteiger partial charge < -0.3 is 10.2 Å². The summed E-state index contributed by atoms with van der Waals surface area (Å²) in [4.78, 5) is 22.7. The molecule has 0 saturated carbocycles. The third kappa shape index (κ3) is 2.61. The van der Waals surface area contributed by atoms with Crippen molar-refractivity contribution in [1.82, 2.24) is 0 Å². The minimum atomic E-state index is -0.973. The van der Waals surface area contributed by atoms with Gasteiger partial charge in [-0.2, -0.15) is 0 Å². The molecule has 17 heavy (non-hydrogen) atoms. The molecule has 0 radical (unpaired) electrons. The molecule has 0 aliphatic heterocycles. The lowest BCUT2D eigenvalue weighted by Gasteiger charge is -2.47. The second kappa shape index (κ2) is 5.52. The quantitative estimate of drug-likeness (QED) is 0.722. The van der Waals surface area contributed by atoms with Gasteiger partial charge >= 0.3 is 11.9 Å². The lowest BCUT2D eigenvalue weighted by molar-refractivity contribution is -0.166. The molecule has 0 fully saturated rings. The Bertz CT molecular complexity index is 292. The van der Waals surface area contributed by atoms with E-state index in [2.05, 4.69) is 0 Å². The fourth-order valence-corrected chi connectivity index (χ4v) is 2.84. The Morgan fingerprint density at radius 2 is 1.53 bits per heavy atom. The molecule has 100 valence electrons. The average Bonchev–Trinajstić information content (AvgIpc) is 2.18. The van der Waals surface area contributed by atoms with E-state index in [1.807, 2.05) is 27.7 Å². The molecular weight excluding hydrogens is 220 g/mol. The minimum Gasteiger partial charge on any atom is -0.481 e. The van der Waals surface area contributed by atoms with Gasteiger partial charge in [0.1, 0.15) is 0 Å². The molecule has 0 heterocycles. The molecule has 0 aliphatic carbocycles. The highest BCUT2D eigenvalue weighted by molar-refractivity contribution is 5.78. The second-order valence-electron chi connectivity index (χ2n) is 5.24. The van der Waals surface area contributed by atoms with Crippen molar-refractivity contribution >= 4 is 11.9 Å². The van der Waals surface area contributed by atoms with Crippen LogP contribution in [0.25, 0.3) is 0 Å². The molecule has 0 saturated heterocycles. The Balaban J connectivity index is 5.69. The van der Waals surface area contributed by atoms with Crippen LogP contribution in [0.1, 0.15) is 53.9 Å². The molecule has 0 aliphatic rings. The van der Waals surface area contributed by atoms with Gasteiger partial charge in [-0.05, 0) is 24.2 Å². The zero-order chi connectivity index (χ0) is 13.9. The van der Waals surface area contributed by atoms with Crippen molar-refractivity contribution < 1.29 is 19.8 Å². The van der Waals surface area contributed by atoms with Crippen LogP contribution in [-0.4, -0.2) is 22.2 Å². The fraction of sp³-hybridized carbons (Fsp3) is 0.846. The van der Waals surface area contributed by atoms with Crippen LogP contribution < -0.4 is 0 Å². The summed E-state index contributed by atoms with van der Waals surface area (Å²) in [6, 6.07) is 0. The lowest BCUT2D eigenvalue weighted by Crippen LogP contribution is -2.49. The highest BCUT2D eigenvalue weighted by Gasteiger charge is 2.53. The first-order valence-electron chi connectivity index (χ1n) is 6.13. The van der Waals surface area contributed by atoms with Crippen LogP contribution in [0.15, 0.2) is 0 Å². The van der Waals surface area contributed by atoms with Crippen LogP contribution in [-0.2, 0) is 9.59 Å². The van der Waals surface area contributed by atoms with Crippen molar-refractivity contribution in [2.24, 2.45) is 16.7 Å². The van der Waals surface area contributed by atoms with Crippen LogP contribution in [0.4, 0.5) is 0 Å². The fourth-order valence-electron chi connectivity index (χ4n) is 2.84. The van der Waals surface area contributed by atoms with Crippen LogP contribution in [0, 0.1) is 16.7 Å². The SMILES string of the molecule is CCC(CC)(C(=O)O)C(C)(CC(=O)O)C(C)C. The summed E-state index contributed by atoms with van der Waals surface area (Å²) in [6.45, 7) is 9.21. The molecule has 0 amide bonds. The molecule has 1 atom stereocenters. The van der Waals surface area contributed by atoms with Gasteiger partial charge in [0, 0.05) is 0 Å². The monoisotopic (exact) mass is 244 g/mol. The number of hydrogen-bond donors (Lipinski definition) is 2. The maximum atomic E-state index is 11.6. The highest BCUT2D eigenvalue weighted by Crippen LogP contribution is 2.52. The Labute approximate surface area is 103 Å². The third-order valence-corrected chi connectivity index (χ3v) is 4.50. The molecule has 0 rings (SSSR count). The van der Waals surface area contributed by atoms with E-state index in [1.54, 1.807) is 6.92 Å². The van der Waals surface area contributed by atoms with Crippen LogP contribution in [0.3, 0.4) is 0 Å². The Hall–Kier alpha value is -1.06. The molecule has 0 spiro atoms. The van der Waals surface area contributed by atoms with Crippen LogP contribution in [0.5, 0.6) is 0 Å². The molecule has 1 unspecified atom stereocenters. The zero-order valence-electron chi connectivity index (χ0n) is 11.4. The van der Waals surface area contributed by atoms with Crippen molar-refractivity contribution in [2.45, 2.75) is 53.9 Å². The van der Waals surface area contributed by atoms with E-state index >= 15 is 0 Å². The molecule has 0 bridgehead atoms. The highest BCUT2D eigenvalue weighted by atomic mass is 16.4. The Morgan fingerprint density at radius 1 is 1.12 bits per heavy atom. The average molecular weight is 244 g/mol. The van der Waals surface area contributed by atoms with Crippen molar-refractivity contribution in [3.63, 3.8) is 0 Å². The van der Waals surface area contributed by atoms with Crippen molar-refractivity contribution in [2.75, 3.05) is 0 Å². The third-order valence-electron chi connectivity index (χ3n) is 4.50. The van der Waals surface area contributed by atoms with Crippen molar-refractivity contribution in [1.29, 1.82) is 0 Å². The van der Waals surface area contributed by atoms with Crippen molar-refractivity contribution in [3.8, 4) is 0 Å². The molecule has 2 N–H and O–H groups in total. The number of hydrogen-bond acceptors (Lipinski definition) is 2. The first-order valence-corrected chi connectivity index (χ1v) is 6.13. The summed E-state index contributed by atoms with van der Waals surface area (Å²) in [5.41, 5.74) is -1.71. The lowest BCUT2D eigenvalue weighted by atomic mass is 9.55. The van der Waals surface area contributed by atoms with E-state index in [4.69, 9.17) is 5.11 Å². The predicted octanol–water partition coefficient (Wildman–Crippen LogP) is 3.01. The van der Waals surface area contributed by atoms with Gasteiger partial charge in [0.05, 0.1) is 11.8 Å². The van der Waals surface area contributed by atoms with Gasteiger partial charge in [0.25, 0.3) is 0 Å². The second-order valence-corrected chi connectivity index (χ2v) is 5.24. The molecule has 0 aromatic rings. The van der Waals surface area contributed by atoms with Gasteiger partial charge in [-0.3, -0.25) is 9.59 Å². The summed E-state index contributed by atoms with van der Waals surface area (Å²) >= 11 is 0. The number of carboxylic acids is 2.